The first kappa shape index (κ1) is 16.4. The summed E-state index contributed by atoms with van der Waals surface area (Å²) in [7, 11) is -0.715. The van der Waals surface area contributed by atoms with E-state index in [1.807, 2.05) is 0 Å². The lowest BCUT2D eigenvalue weighted by molar-refractivity contribution is -0.129. The van der Waals surface area contributed by atoms with Gasteiger partial charge < -0.3 is 4.90 Å². The van der Waals surface area contributed by atoms with E-state index >= 15 is 0 Å². The minimum atomic E-state index is -3.78. The number of nitrogens with zero attached hydrogens (tertiary/aromatic N) is 2. The molecule has 0 radical (unpaired) electrons. The topological polar surface area (TPSA) is 57.7 Å². The molecular weight excluding hydrogens is 283 g/mol. The van der Waals surface area contributed by atoms with Crippen molar-refractivity contribution in [3.8, 4) is 0 Å². The van der Waals surface area contributed by atoms with Crippen molar-refractivity contribution in [1.29, 1.82) is 0 Å². The number of hydrogen-bond donors (Lipinski definition) is 0. The SMILES string of the molecule is CC[C@@H](C(=O)N(C)C)N(c1ccccc1F)S(C)(=O)=O. The lowest BCUT2D eigenvalue weighted by atomic mass is 10.2. The number of hydrogen-bond acceptors (Lipinski definition) is 3. The Bertz CT molecular complexity index is 587. The number of sulfonamides is 1. The molecular formula is C13H19FN2O3S. The van der Waals surface area contributed by atoms with Crippen molar-refractivity contribution in [2.24, 2.45) is 0 Å². The summed E-state index contributed by atoms with van der Waals surface area (Å²) in [5, 5.41) is 0. The highest BCUT2D eigenvalue weighted by Gasteiger charge is 2.33. The summed E-state index contributed by atoms with van der Waals surface area (Å²) >= 11 is 0. The Morgan fingerprint density at radius 3 is 2.25 bits per heavy atom. The first-order valence-electron chi connectivity index (χ1n) is 6.15. The number of anilines is 1. The van der Waals surface area contributed by atoms with Crippen molar-refractivity contribution in [3.63, 3.8) is 0 Å². The standard InChI is InChI=1S/C13H19FN2O3S/c1-5-11(13(17)15(2)3)16(20(4,18)19)12-9-7-6-8-10(12)14/h6-9,11H,5H2,1-4H3/t11-/m0/s1. The zero-order valence-electron chi connectivity index (χ0n) is 12.0. The van der Waals surface area contributed by atoms with E-state index in [4.69, 9.17) is 0 Å². The minimum absolute atomic E-state index is 0.114. The van der Waals surface area contributed by atoms with Crippen LogP contribution in [0.1, 0.15) is 13.3 Å². The molecule has 1 amide bonds. The zero-order valence-corrected chi connectivity index (χ0v) is 12.8. The molecule has 112 valence electrons. The Hall–Kier alpha value is -1.63. The first-order chi connectivity index (χ1) is 9.20. The summed E-state index contributed by atoms with van der Waals surface area (Å²) in [5.41, 5.74) is -0.114. The van der Waals surface area contributed by atoms with E-state index in [9.17, 15) is 17.6 Å². The highest BCUT2D eigenvalue weighted by Crippen LogP contribution is 2.25. The maximum atomic E-state index is 13.9. The molecule has 0 aliphatic rings. The largest absolute Gasteiger partial charge is 0.347 e. The van der Waals surface area contributed by atoms with Gasteiger partial charge in [-0.15, -0.1) is 0 Å². The fraction of sp³-hybridized carbons (Fsp3) is 0.462. The Kier molecular flexibility index (Phi) is 5.10. The van der Waals surface area contributed by atoms with E-state index < -0.39 is 21.9 Å². The predicted molar refractivity (Wildman–Crippen MR) is 76.5 cm³/mol. The van der Waals surface area contributed by atoms with Crippen molar-refractivity contribution < 1.29 is 17.6 Å². The van der Waals surface area contributed by atoms with Gasteiger partial charge in [0.1, 0.15) is 11.9 Å². The number of benzene rings is 1. The van der Waals surface area contributed by atoms with Crippen LogP contribution in [0.4, 0.5) is 10.1 Å². The number of halogens is 1. The van der Waals surface area contributed by atoms with Crippen molar-refractivity contribution in [3.05, 3.63) is 30.1 Å². The van der Waals surface area contributed by atoms with Crippen molar-refractivity contribution >= 4 is 21.6 Å². The monoisotopic (exact) mass is 302 g/mol. The quantitative estimate of drug-likeness (QED) is 0.827. The molecule has 0 fully saturated rings. The summed E-state index contributed by atoms with van der Waals surface area (Å²) in [6.45, 7) is 1.69. The van der Waals surface area contributed by atoms with E-state index in [2.05, 4.69) is 0 Å². The second-order valence-electron chi connectivity index (χ2n) is 4.67. The Labute approximate surface area is 119 Å². The smallest absolute Gasteiger partial charge is 0.245 e. The van der Waals surface area contributed by atoms with E-state index in [-0.39, 0.29) is 18.0 Å². The van der Waals surface area contributed by atoms with Gasteiger partial charge >= 0.3 is 0 Å². The van der Waals surface area contributed by atoms with E-state index in [0.717, 1.165) is 10.6 Å². The number of para-hydroxylation sites is 1. The minimum Gasteiger partial charge on any atom is -0.347 e. The average molecular weight is 302 g/mol. The van der Waals surface area contributed by atoms with E-state index in [0.29, 0.717) is 0 Å². The van der Waals surface area contributed by atoms with Crippen LogP contribution in [0.5, 0.6) is 0 Å². The van der Waals surface area contributed by atoms with Gasteiger partial charge in [-0.3, -0.25) is 9.10 Å². The molecule has 0 N–H and O–H groups in total. The maximum Gasteiger partial charge on any atom is 0.245 e. The van der Waals surface area contributed by atoms with Crippen molar-refractivity contribution in [1.82, 2.24) is 4.90 Å². The molecule has 20 heavy (non-hydrogen) atoms. The highest BCUT2D eigenvalue weighted by molar-refractivity contribution is 7.92. The van der Waals surface area contributed by atoms with Gasteiger partial charge in [-0.05, 0) is 18.6 Å². The molecule has 1 atom stereocenters. The normalized spacial score (nSPS) is 12.8. The summed E-state index contributed by atoms with van der Waals surface area (Å²) in [4.78, 5) is 13.4. The van der Waals surface area contributed by atoms with Gasteiger partial charge in [0.05, 0.1) is 11.9 Å². The molecule has 0 bridgehead atoms. The molecule has 0 aromatic heterocycles. The van der Waals surface area contributed by atoms with Crippen LogP contribution >= 0.6 is 0 Å². The molecule has 0 saturated heterocycles. The molecule has 7 heteroatoms. The lowest BCUT2D eigenvalue weighted by Gasteiger charge is -2.31. The number of amides is 1. The summed E-state index contributed by atoms with van der Waals surface area (Å²) in [6.07, 6.45) is 1.21. The Morgan fingerprint density at radius 1 is 1.30 bits per heavy atom. The van der Waals surface area contributed by atoms with Crippen LogP contribution in [0.25, 0.3) is 0 Å². The van der Waals surface area contributed by atoms with Gasteiger partial charge in [0.15, 0.2) is 0 Å². The summed E-state index contributed by atoms with van der Waals surface area (Å²) in [5.74, 6) is -1.07. The molecule has 0 saturated carbocycles. The fourth-order valence-electron chi connectivity index (χ4n) is 1.95. The van der Waals surface area contributed by atoms with E-state index in [1.165, 1.54) is 43.3 Å². The Morgan fingerprint density at radius 2 is 1.85 bits per heavy atom. The van der Waals surface area contributed by atoms with E-state index in [1.54, 1.807) is 6.92 Å². The van der Waals surface area contributed by atoms with Crippen LogP contribution in [0.15, 0.2) is 24.3 Å². The van der Waals surface area contributed by atoms with Crippen LogP contribution in [-0.4, -0.2) is 45.6 Å². The number of rotatable bonds is 5. The van der Waals surface area contributed by atoms with Crippen molar-refractivity contribution in [2.45, 2.75) is 19.4 Å². The van der Waals surface area contributed by atoms with Gasteiger partial charge in [-0.1, -0.05) is 19.1 Å². The van der Waals surface area contributed by atoms with Gasteiger partial charge in [0.25, 0.3) is 0 Å². The third kappa shape index (κ3) is 3.47. The van der Waals surface area contributed by atoms with Gasteiger partial charge in [0, 0.05) is 14.1 Å². The van der Waals surface area contributed by atoms with Crippen LogP contribution < -0.4 is 4.31 Å². The summed E-state index contributed by atoms with van der Waals surface area (Å²) in [6, 6.07) is 4.55. The average Bonchev–Trinajstić information content (AvgIpc) is 2.34. The second kappa shape index (κ2) is 6.21. The molecule has 1 rings (SSSR count). The molecule has 0 heterocycles. The molecule has 0 unspecified atom stereocenters. The molecule has 0 aliphatic carbocycles. The lowest BCUT2D eigenvalue weighted by Crippen LogP contribution is -2.49. The zero-order chi connectivity index (χ0) is 15.5. The second-order valence-corrected chi connectivity index (χ2v) is 6.53. The van der Waals surface area contributed by atoms with Crippen LogP contribution in [0, 0.1) is 5.82 Å². The summed E-state index contributed by atoms with van der Waals surface area (Å²) < 4.78 is 38.8. The molecule has 0 aliphatic heterocycles. The molecule has 1 aromatic carbocycles. The third-order valence-electron chi connectivity index (χ3n) is 2.84. The third-order valence-corrected chi connectivity index (χ3v) is 4.01. The maximum absolute atomic E-state index is 13.9. The predicted octanol–water partition coefficient (Wildman–Crippen LogP) is 1.46. The molecule has 0 spiro atoms. The molecule has 5 nitrogen and oxygen atoms in total. The van der Waals surface area contributed by atoms with Gasteiger partial charge in [0.2, 0.25) is 15.9 Å². The first-order valence-corrected chi connectivity index (χ1v) is 8.00. The molecule has 1 aromatic rings. The Balaban J connectivity index is 3.41. The number of carbonyl (C=O) groups excluding carboxylic acids is 1. The number of carbonyl (C=O) groups is 1. The van der Waals surface area contributed by atoms with Crippen LogP contribution in [-0.2, 0) is 14.8 Å². The number of likely N-dealkylation sites (N-methyl/N-ethyl adjacent to an activating group) is 1. The van der Waals surface area contributed by atoms with Crippen LogP contribution in [0.3, 0.4) is 0 Å². The van der Waals surface area contributed by atoms with Gasteiger partial charge in [-0.2, -0.15) is 0 Å². The van der Waals surface area contributed by atoms with Gasteiger partial charge in [-0.25, -0.2) is 12.8 Å². The van der Waals surface area contributed by atoms with Crippen LogP contribution in [0.2, 0.25) is 0 Å². The fourth-order valence-corrected chi connectivity index (χ4v) is 3.15. The highest BCUT2D eigenvalue weighted by atomic mass is 32.2. The van der Waals surface area contributed by atoms with Crippen molar-refractivity contribution in [2.75, 3.05) is 24.7 Å².